The van der Waals surface area contributed by atoms with E-state index in [1.54, 1.807) is 36.8 Å². The van der Waals surface area contributed by atoms with Gasteiger partial charge in [-0.2, -0.15) is 10.2 Å². The van der Waals surface area contributed by atoms with Gasteiger partial charge >= 0.3 is 0 Å². The van der Waals surface area contributed by atoms with Crippen LogP contribution in [0.5, 0.6) is 0 Å². The van der Waals surface area contributed by atoms with Crippen LogP contribution < -0.4 is 0 Å². The Bertz CT molecular complexity index is 996. The van der Waals surface area contributed by atoms with E-state index < -0.39 is 0 Å². The first kappa shape index (κ1) is 15.6. The number of aryl methyl sites for hydroxylation is 2. The number of nitriles is 1. The highest BCUT2D eigenvalue weighted by molar-refractivity contribution is 5.92. The van der Waals surface area contributed by atoms with E-state index >= 15 is 0 Å². The number of nitrogens with zero attached hydrogens (tertiary/aromatic N) is 6. The Morgan fingerprint density at radius 2 is 1.96 bits per heavy atom. The van der Waals surface area contributed by atoms with Gasteiger partial charge in [0.15, 0.2) is 5.82 Å². The maximum atomic E-state index is 12.1. The highest BCUT2D eigenvalue weighted by Gasteiger charge is 2.16. The molecule has 0 saturated carbocycles. The van der Waals surface area contributed by atoms with Crippen LogP contribution in [-0.4, -0.2) is 44.5 Å². The van der Waals surface area contributed by atoms with Gasteiger partial charge in [-0.05, 0) is 43.7 Å². The van der Waals surface area contributed by atoms with Crippen LogP contribution in [0, 0.1) is 25.2 Å². The second-order valence-corrected chi connectivity index (χ2v) is 5.77. The lowest BCUT2D eigenvalue weighted by atomic mass is 10.1. The first-order chi connectivity index (χ1) is 11.4. The molecule has 7 heteroatoms. The SMILES string of the molecule is Cc1cc(C#N)ccc1-c1nc2nc(C(=O)N(C)C)cc(C)n2n1. The lowest BCUT2D eigenvalue weighted by Gasteiger charge is -2.09. The highest BCUT2D eigenvalue weighted by atomic mass is 16.2. The molecule has 24 heavy (non-hydrogen) atoms. The van der Waals surface area contributed by atoms with Crippen LogP contribution in [0.25, 0.3) is 17.2 Å². The zero-order chi connectivity index (χ0) is 17.4. The molecule has 0 atom stereocenters. The molecular formula is C17H16N6O. The fraction of sp³-hybridized carbons (Fsp3) is 0.235. The van der Waals surface area contributed by atoms with Crippen molar-refractivity contribution in [3.8, 4) is 17.5 Å². The monoisotopic (exact) mass is 320 g/mol. The lowest BCUT2D eigenvalue weighted by molar-refractivity contribution is 0.0822. The van der Waals surface area contributed by atoms with E-state index in [1.165, 1.54) is 4.90 Å². The van der Waals surface area contributed by atoms with Crippen LogP contribution in [0.2, 0.25) is 0 Å². The molecule has 0 aliphatic carbocycles. The number of hydrogen-bond acceptors (Lipinski definition) is 5. The largest absolute Gasteiger partial charge is 0.343 e. The topological polar surface area (TPSA) is 87.2 Å². The van der Waals surface area contributed by atoms with Crippen molar-refractivity contribution < 1.29 is 4.79 Å². The molecule has 0 radical (unpaired) electrons. The van der Waals surface area contributed by atoms with E-state index in [0.717, 1.165) is 16.8 Å². The summed E-state index contributed by atoms with van der Waals surface area (Å²) in [5, 5.41) is 13.4. The Morgan fingerprint density at radius 1 is 1.21 bits per heavy atom. The van der Waals surface area contributed by atoms with Crippen LogP contribution in [0.3, 0.4) is 0 Å². The first-order valence-corrected chi connectivity index (χ1v) is 7.38. The van der Waals surface area contributed by atoms with E-state index in [9.17, 15) is 4.79 Å². The minimum absolute atomic E-state index is 0.181. The summed E-state index contributed by atoms with van der Waals surface area (Å²) in [6.45, 7) is 3.76. The van der Waals surface area contributed by atoms with Crippen molar-refractivity contribution in [2.75, 3.05) is 14.1 Å². The average molecular weight is 320 g/mol. The molecule has 0 N–H and O–H groups in total. The van der Waals surface area contributed by atoms with E-state index in [2.05, 4.69) is 21.1 Å². The van der Waals surface area contributed by atoms with E-state index in [-0.39, 0.29) is 5.91 Å². The lowest BCUT2D eigenvalue weighted by Crippen LogP contribution is -2.23. The Labute approximate surface area is 139 Å². The van der Waals surface area contributed by atoms with Crippen molar-refractivity contribution in [2.45, 2.75) is 13.8 Å². The standard InChI is InChI=1S/C17H16N6O/c1-10-7-12(9-18)5-6-13(10)15-20-17-19-14(16(24)22(3)4)8-11(2)23(17)21-15/h5-8H,1-4H3. The summed E-state index contributed by atoms with van der Waals surface area (Å²) in [7, 11) is 3.36. The van der Waals surface area contributed by atoms with Crippen molar-refractivity contribution in [2.24, 2.45) is 0 Å². The number of fused-ring (bicyclic) bond motifs is 1. The van der Waals surface area contributed by atoms with Gasteiger partial charge < -0.3 is 4.90 Å². The normalized spacial score (nSPS) is 10.6. The third kappa shape index (κ3) is 2.58. The molecule has 0 unspecified atom stereocenters. The molecule has 2 aromatic heterocycles. The molecule has 0 bridgehead atoms. The van der Waals surface area contributed by atoms with Gasteiger partial charge in [-0.25, -0.2) is 9.50 Å². The highest BCUT2D eigenvalue weighted by Crippen LogP contribution is 2.22. The van der Waals surface area contributed by atoms with Crippen molar-refractivity contribution in [3.05, 3.63) is 46.8 Å². The second-order valence-electron chi connectivity index (χ2n) is 5.77. The van der Waals surface area contributed by atoms with E-state index in [0.29, 0.717) is 22.9 Å². The number of rotatable bonds is 2. The van der Waals surface area contributed by atoms with Gasteiger partial charge in [0, 0.05) is 25.4 Å². The first-order valence-electron chi connectivity index (χ1n) is 7.38. The predicted molar refractivity (Wildman–Crippen MR) is 88.4 cm³/mol. The quantitative estimate of drug-likeness (QED) is 0.720. The van der Waals surface area contributed by atoms with Gasteiger partial charge in [0.2, 0.25) is 0 Å². The Morgan fingerprint density at radius 3 is 2.58 bits per heavy atom. The summed E-state index contributed by atoms with van der Waals surface area (Å²) < 4.78 is 1.61. The molecule has 0 aliphatic heterocycles. The molecule has 1 aromatic carbocycles. The third-order valence-corrected chi connectivity index (χ3v) is 3.71. The molecule has 7 nitrogen and oxygen atoms in total. The van der Waals surface area contributed by atoms with Crippen LogP contribution in [0.1, 0.15) is 27.3 Å². The molecule has 0 spiro atoms. The van der Waals surface area contributed by atoms with Gasteiger partial charge in [0.25, 0.3) is 11.7 Å². The van der Waals surface area contributed by atoms with Crippen LogP contribution in [0.15, 0.2) is 24.3 Å². The zero-order valence-corrected chi connectivity index (χ0v) is 13.9. The number of benzene rings is 1. The second kappa shape index (κ2) is 5.74. The Hall–Kier alpha value is -3.27. The fourth-order valence-corrected chi connectivity index (χ4v) is 2.45. The third-order valence-electron chi connectivity index (χ3n) is 3.71. The van der Waals surface area contributed by atoms with Crippen LogP contribution in [0.4, 0.5) is 0 Å². The molecule has 120 valence electrons. The molecule has 0 saturated heterocycles. The number of carbonyl (C=O) groups excluding carboxylic acids is 1. The van der Waals surface area contributed by atoms with Crippen LogP contribution >= 0.6 is 0 Å². The minimum Gasteiger partial charge on any atom is -0.343 e. The van der Waals surface area contributed by atoms with Gasteiger partial charge in [0.05, 0.1) is 11.6 Å². The zero-order valence-electron chi connectivity index (χ0n) is 13.9. The smallest absolute Gasteiger partial charge is 0.272 e. The summed E-state index contributed by atoms with van der Waals surface area (Å²) in [4.78, 5) is 22.4. The molecular weight excluding hydrogens is 304 g/mol. The summed E-state index contributed by atoms with van der Waals surface area (Å²) in [6.07, 6.45) is 0. The van der Waals surface area contributed by atoms with E-state index in [1.807, 2.05) is 19.9 Å². The predicted octanol–water partition coefficient (Wildman–Crippen LogP) is 1.98. The molecule has 1 amide bonds. The number of carbonyl (C=O) groups is 1. The van der Waals surface area contributed by atoms with Gasteiger partial charge in [0.1, 0.15) is 5.69 Å². The van der Waals surface area contributed by atoms with Gasteiger partial charge in [-0.1, -0.05) is 0 Å². The van der Waals surface area contributed by atoms with Gasteiger partial charge in [-0.15, -0.1) is 5.10 Å². The maximum absolute atomic E-state index is 12.1. The van der Waals surface area contributed by atoms with Crippen LogP contribution in [-0.2, 0) is 0 Å². The average Bonchev–Trinajstić information content (AvgIpc) is 2.98. The Kier molecular flexibility index (Phi) is 3.73. The molecule has 3 aromatic rings. The minimum atomic E-state index is -0.181. The molecule has 0 fully saturated rings. The number of hydrogen-bond donors (Lipinski definition) is 0. The van der Waals surface area contributed by atoms with Crippen molar-refractivity contribution >= 4 is 11.7 Å². The van der Waals surface area contributed by atoms with Crippen molar-refractivity contribution in [1.29, 1.82) is 5.26 Å². The van der Waals surface area contributed by atoms with Gasteiger partial charge in [-0.3, -0.25) is 4.79 Å². The number of amides is 1. The Balaban J connectivity index is 2.14. The maximum Gasteiger partial charge on any atom is 0.272 e. The summed E-state index contributed by atoms with van der Waals surface area (Å²) in [6, 6.07) is 9.15. The van der Waals surface area contributed by atoms with Crippen molar-refractivity contribution in [1.82, 2.24) is 24.5 Å². The van der Waals surface area contributed by atoms with Crippen molar-refractivity contribution in [3.63, 3.8) is 0 Å². The molecule has 3 rings (SSSR count). The molecule has 0 aliphatic rings. The summed E-state index contributed by atoms with van der Waals surface area (Å²) in [5.74, 6) is 0.709. The summed E-state index contributed by atoms with van der Waals surface area (Å²) >= 11 is 0. The fourth-order valence-electron chi connectivity index (χ4n) is 2.45. The molecule has 2 heterocycles. The summed E-state index contributed by atoms with van der Waals surface area (Å²) in [5.41, 5.74) is 3.44. The number of aromatic nitrogens is 4. The van der Waals surface area contributed by atoms with E-state index in [4.69, 9.17) is 5.26 Å².